The summed E-state index contributed by atoms with van der Waals surface area (Å²) in [5.74, 6) is -3.08. The number of hydrogen-bond donors (Lipinski definition) is 1. The Morgan fingerprint density at radius 2 is 1.61 bits per heavy atom. The van der Waals surface area contributed by atoms with Gasteiger partial charge in [-0.15, -0.1) is 0 Å². The first-order valence-corrected chi connectivity index (χ1v) is 10.3. The third-order valence-electron chi connectivity index (χ3n) is 4.17. The number of amides is 1. The summed E-state index contributed by atoms with van der Waals surface area (Å²) in [4.78, 5) is 23.4. The van der Waals surface area contributed by atoms with Crippen molar-refractivity contribution in [3.63, 3.8) is 0 Å². The Labute approximate surface area is 175 Å². The van der Waals surface area contributed by atoms with Gasteiger partial charge in [-0.1, -0.05) is 37.3 Å². The molecule has 0 radical (unpaired) electrons. The van der Waals surface area contributed by atoms with E-state index in [0.29, 0.717) is 6.42 Å². The van der Waals surface area contributed by atoms with Crippen LogP contribution in [0.2, 0.25) is 0 Å². The highest BCUT2D eigenvalue weighted by Crippen LogP contribution is 2.29. The fraction of sp³-hybridized carbons (Fsp3) is 0.500. The van der Waals surface area contributed by atoms with Gasteiger partial charge >= 0.3 is 33.3 Å². The molecule has 0 unspecified atom stereocenters. The number of esters is 1. The lowest BCUT2D eigenvalue weighted by atomic mass is 9.91. The monoisotopic (exact) mass is 472 g/mol. The summed E-state index contributed by atoms with van der Waals surface area (Å²) in [5, 5.41) is -3.79. The maximum absolute atomic E-state index is 14.1. The van der Waals surface area contributed by atoms with Crippen molar-refractivity contribution < 1.29 is 44.7 Å². The average molecular weight is 472 g/mol. The van der Waals surface area contributed by atoms with E-state index >= 15 is 0 Å². The van der Waals surface area contributed by atoms with Crippen LogP contribution in [0.3, 0.4) is 0 Å². The molecule has 0 saturated heterocycles. The number of hydrogen-bond acceptors (Lipinski definition) is 5. The normalized spacial score (nSPS) is 13.6. The molecule has 0 aliphatic heterocycles. The lowest BCUT2D eigenvalue weighted by Gasteiger charge is -2.20. The molecule has 1 N–H and O–H groups in total. The first kappa shape index (κ1) is 26.5. The van der Waals surface area contributed by atoms with E-state index in [1.165, 1.54) is 11.4 Å². The van der Waals surface area contributed by atoms with Crippen molar-refractivity contribution >= 4 is 27.6 Å². The minimum atomic E-state index is -6.26. The minimum absolute atomic E-state index is 0.412. The SMILES string of the molecule is CCC(C)(C)C(=O)OCCNC(=O)C(F)(F)S(=O)(=O)N=C(c1ccccc1)C(F)(F)F. The number of rotatable bonds is 9. The number of halogens is 5. The lowest BCUT2D eigenvalue weighted by molar-refractivity contribution is -0.154. The number of ether oxygens (including phenoxy) is 1. The van der Waals surface area contributed by atoms with Crippen molar-refractivity contribution in [2.45, 2.75) is 38.6 Å². The van der Waals surface area contributed by atoms with Gasteiger partial charge in [0.05, 0.1) is 12.0 Å². The van der Waals surface area contributed by atoms with Crippen molar-refractivity contribution in [3.8, 4) is 0 Å². The van der Waals surface area contributed by atoms with Gasteiger partial charge < -0.3 is 10.1 Å². The van der Waals surface area contributed by atoms with E-state index < -0.39 is 63.2 Å². The molecule has 0 heterocycles. The van der Waals surface area contributed by atoms with E-state index in [4.69, 9.17) is 4.74 Å². The van der Waals surface area contributed by atoms with Crippen molar-refractivity contribution in [2.24, 2.45) is 9.81 Å². The maximum Gasteiger partial charge on any atom is 0.442 e. The molecular weight excluding hydrogens is 451 g/mol. The molecule has 1 aromatic rings. The summed E-state index contributed by atoms with van der Waals surface area (Å²) in [5.41, 5.74) is -3.74. The van der Waals surface area contributed by atoms with Gasteiger partial charge in [-0.05, 0) is 20.3 Å². The van der Waals surface area contributed by atoms with Crippen LogP contribution >= 0.6 is 0 Å². The third-order valence-corrected chi connectivity index (χ3v) is 5.43. The fourth-order valence-electron chi connectivity index (χ4n) is 1.91. The van der Waals surface area contributed by atoms with Gasteiger partial charge in [-0.2, -0.15) is 34.8 Å². The maximum atomic E-state index is 14.1. The second kappa shape index (κ2) is 9.71. The molecule has 0 atom stereocenters. The molecule has 0 aromatic heterocycles. The zero-order chi connectivity index (χ0) is 24.1. The Balaban J connectivity index is 2.98. The van der Waals surface area contributed by atoms with Crippen LogP contribution in [-0.4, -0.2) is 50.6 Å². The summed E-state index contributed by atoms with van der Waals surface area (Å²) in [7, 11) is -6.26. The second-order valence-corrected chi connectivity index (χ2v) is 8.57. The van der Waals surface area contributed by atoms with Crippen LogP contribution < -0.4 is 5.32 Å². The van der Waals surface area contributed by atoms with Crippen LogP contribution in [0.1, 0.15) is 32.8 Å². The second-order valence-electron chi connectivity index (χ2n) is 6.92. The molecule has 0 saturated carbocycles. The summed E-state index contributed by atoms with van der Waals surface area (Å²) in [6.07, 6.45) is -4.98. The number of sulfonamides is 1. The molecule has 31 heavy (non-hydrogen) atoms. The highest BCUT2D eigenvalue weighted by molar-refractivity contribution is 7.92. The lowest BCUT2D eigenvalue weighted by Crippen LogP contribution is -2.47. The zero-order valence-electron chi connectivity index (χ0n) is 16.8. The van der Waals surface area contributed by atoms with Crippen LogP contribution in [0.5, 0.6) is 0 Å². The molecule has 1 rings (SSSR count). The van der Waals surface area contributed by atoms with E-state index in [2.05, 4.69) is 4.40 Å². The quantitative estimate of drug-likeness (QED) is 0.258. The first-order valence-electron chi connectivity index (χ1n) is 8.86. The summed E-state index contributed by atoms with van der Waals surface area (Å²) < 4.78 is 98.5. The van der Waals surface area contributed by atoms with Crippen LogP contribution in [0.4, 0.5) is 22.0 Å². The largest absolute Gasteiger partial charge is 0.463 e. The Morgan fingerprint density at radius 3 is 2.10 bits per heavy atom. The van der Waals surface area contributed by atoms with E-state index in [1.54, 1.807) is 20.8 Å². The van der Waals surface area contributed by atoms with Crippen LogP contribution in [0.25, 0.3) is 0 Å². The molecule has 0 bridgehead atoms. The van der Waals surface area contributed by atoms with E-state index in [-0.39, 0.29) is 0 Å². The molecule has 0 aliphatic rings. The predicted octanol–water partition coefficient (Wildman–Crippen LogP) is 3.06. The topological polar surface area (TPSA) is 102 Å². The van der Waals surface area contributed by atoms with Crippen molar-refractivity contribution in [2.75, 3.05) is 13.2 Å². The Morgan fingerprint density at radius 1 is 1.06 bits per heavy atom. The first-order chi connectivity index (χ1) is 14.1. The molecular formula is C18H21F5N2O5S. The standard InChI is InChI=1S/C18H21F5N2O5S/c1-4-16(2,3)15(27)30-11-10-24-14(26)18(22,23)31(28,29)25-13(17(19,20)21)12-8-6-5-7-9-12/h5-9H,4,10-11H2,1-3H3,(H,24,26). The van der Waals surface area contributed by atoms with Gasteiger partial charge in [0.1, 0.15) is 6.61 Å². The van der Waals surface area contributed by atoms with Gasteiger partial charge in [0.25, 0.3) is 0 Å². The van der Waals surface area contributed by atoms with Crippen molar-refractivity contribution in [3.05, 3.63) is 35.9 Å². The minimum Gasteiger partial charge on any atom is -0.463 e. The number of nitrogens with one attached hydrogen (secondary N) is 1. The van der Waals surface area contributed by atoms with E-state index in [0.717, 1.165) is 24.3 Å². The van der Waals surface area contributed by atoms with Gasteiger partial charge in [-0.25, -0.2) is 0 Å². The molecule has 174 valence electrons. The highest BCUT2D eigenvalue weighted by atomic mass is 32.2. The summed E-state index contributed by atoms with van der Waals surface area (Å²) >= 11 is 0. The van der Waals surface area contributed by atoms with Gasteiger partial charge in [0, 0.05) is 5.56 Å². The zero-order valence-corrected chi connectivity index (χ0v) is 17.6. The highest BCUT2D eigenvalue weighted by Gasteiger charge is 2.54. The van der Waals surface area contributed by atoms with E-state index in [1.807, 2.05) is 0 Å². The molecule has 1 aromatic carbocycles. The summed E-state index contributed by atoms with van der Waals surface area (Å²) in [6.45, 7) is 3.60. The fourth-order valence-corrected chi connectivity index (χ4v) is 2.78. The van der Waals surface area contributed by atoms with Crippen LogP contribution in [0, 0.1) is 5.41 Å². The van der Waals surface area contributed by atoms with Crippen LogP contribution in [0.15, 0.2) is 34.7 Å². The van der Waals surface area contributed by atoms with Crippen molar-refractivity contribution in [1.82, 2.24) is 5.32 Å². The number of alkyl halides is 5. The predicted molar refractivity (Wildman–Crippen MR) is 101 cm³/mol. The smallest absolute Gasteiger partial charge is 0.442 e. The molecule has 1 amide bonds. The number of carbonyl (C=O) groups excluding carboxylic acids is 2. The van der Waals surface area contributed by atoms with Gasteiger partial charge in [0.15, 0.2) is 5.71 Å². The Bertz CT molecular complexity index is 928. The Hall–Kier alpha value is -2.57. The number of nitrogens with zero attached hydrogens (tertiary/aromatic N) is 1. The number of benzene rings is 1. The Kier molecular flexibility index (Phi) is 8.29. The molecule has 0 spiro atoms. The summed E-state index contributed by atoms with van der Waals surface area (Å²) in [6, 6.07) is 5.21. The molecule has 0 aliphatic carbocycles. The molecule has 7 nitrogen and oxygen atoms in total. The van der Waals surface area contributed by atoms with Crippen molar-refractivity contribution in [1.29, 1.82) is 0 Å². The third kappa shape index (κ3) is 6.71. The average Bonchev–Trinajstić information content (AvgIpc) is 2.68. The van der Waals surface area contributed by atoms with Gasteiger partial charge in [0.2, 0.25) is 0 Å². The molecule has 13 heteroatoms. The van der Waals surface area contributed by atoms with Gasteiger partial charge in [-0.3, -0.25) is 9.59 Å². The number of carbonyl (C=O) groups is 2. The molecule has 0 fully saturated rings. The van der Waals surface area contributed by atoms with E-state index in [9.17, 15) is 40.0 Å². The van der Waals surface area contributed by atoms with Crippen LogP contribution in [-0.2, 0) is 24.3 Å².